The molecule has 0 spiro atoms. The fraction of sp³-hybridized carbons (Fsp3) is 0.368. The third-order valence-electron chi connectivity index (χ3n) is 3.65. The monoisotopic (exact) mass is 299 g/mol. The van der Waals surface area contributed by atoms with Crippen LogP contribution in [0, 0.1) is 0 Å². The first-order valence-corrected chi connectivity index (χ1v) is 7.84. The van der Waals surface area contributed by atoms with Gasteiger partial charge in [0.15, 0.2) is 0 Å². The first kappa shape index (κ1) is 16.2. The van der Waals surface area contributed by atoms with E-state index < -0.39 is 0 Å². The first-order valence-electron chi connectivity index (χ1n) is 7.84. The molecule has 0 aromatic heterocycles. The zero-order valence-electron chi connectivity index (χ0n) is 13.6. The Bertz CT molecular complexity index is 566. The van der Waals surface area contributed by atoms with E-state index in [1.807, 2.05) is 24.3 Å². The molecule has 0 saturated carbocycles. The second kappa shape index (κ2) is 8.32. The minimum atomic E-state index is 0.245. The second-order valence-corrected chi connectivity index (χ2v) is 5.39. The SMILES string of the molecule is CCC(C)Oc1cccc(NCCc2ccc(OC)cc2)c1. The molecule has 0 saturated heterocycles. The van der Waals surface area contributed by atoms with Gasteiger partial charge >= 0.3 is 0 Å². The Labute approximate surface area is 133 Å². The summed E-state index contributed by atoms with van der Waals surface area (Å²) in [6.07, 6.45) is 2.23. The average molecular weight is 299 g/mol. The normalized spacial score (nSPS) is 11.8. The molecule has 1 unspecified atom stereocenters. The molecule has 2 aromatic carbocycles. The summed E-state index contributed by atoms with van der Waals surface area (Å²) in [7, 11) is 1.69. The Morgan fingerprint density at radius 2 is 1.82 bits per heavy atom. The van der Waals surface area contributed by atoms with E-state index in [1.165, 1.54) is 5.56 Å². The Hall–Kier alpha value is -2.16. The van der Waals surface area contributed by atoms with Crippen LogP contribution >= 0.6 is 0 Å². The molecule has 1 N–H and O–H groups in total. The van der Waals surface area contributed by atoms with E-state index in [-0.39, 0.29) is 6.10 Å². The van der Waals surface area contributed by atoms with Crippen LogP contribution in [0.4, 0.5) is 5.69 Å². The second-order valence-electron chi connectivity index (χ2n) is 5.39. The lowest BCUT2D eigenvalue weighted by Crippen LogP contribution is -2.10. The van der Waals surface area contributed by atoms with Gasteiger partial charge in [0.2, 0.25) is 0 Å². The van der Waals surface area contributed by atoms with Gasteiger partial charge in [-0.25, -0.2) is 0 Å². The van der Waals surface area contributed by atoms with Gasteiger partial charge in [-0.1, -0.05) is 25.1 Å². The van der Waals surface area contributed by atoms with Crippen molar-refractivity contribution in [3.05, 3.63) is 54.1 Å². The van der Waals surface area contributed by atoms with Crippen molar-refractivity contribution >= 4 is 5.69 Å². The van der Waals surface area contributed by atoms with Crippen molar-refractivity contribution in [2.24, 2.45) is 0 Å². The highest BCUT2D eigenvalue weighted by atomic mass is 16.5. The van der Waals surface area contributed by atoms with Crippen LogP contribution < -0.4 is 14.8 Å². The van der Waals surface area contributed by atoms with Crippen molar-refractivity contribution in [1.29, 1.82) is 0 Å². The third kappa shape index (κ3) is 4.99. The van der Waals surface area contributed by atoms with Crippen molar-refractivity contribution in [3.63, 3.8) is 0 Å². The first-order chi connectivity index (χ1) is 10.7. The van der Waals surface area contributed by atoms with Crippen LogP contribution in [-0.4, -0.2) is 19.8 Å². The number of ether oxygens (including phenoxy) is 2. The van der Waals surface area contributed by atoms with E-state index in [0.717, 1.165) is 36.6 Å². The number of benzene rings is 2. The molecule has 0 amide bonds. The quantitative estimate of drug-likeness (QED) is 0.777. The van der Waals surface area contributed by atoms with Crippen molar-refractivity contribution in [2.45, 2.75) is 32.8 Å². The minimum absolute atomic E-state index is 0.245. The van der Waals surface area contributed by atoms with E-state index in [1.54, 1.807) is 7.11 Å². The standard InChI is InChI=1S/C19H25NO2/c1-4-15(2)22-19-7-5-6-17(14-19)20-13-12-16-8-10-18(21-3)11-9-16/h5-11,14-15,20H,4,12-13H2,1-3H3. The van der Waals surface area contributed by atoms with Crippen LogP contribution in [-0.2, 0) is 6.42 Å². The molecule has 0 fully saturated rings. The number of anilines is 1. The molecule has 2 aromatic rings. The van der Waals surface area contributed by atoms with Crippen LogP contribution in [0.1, 0.15) is 25.8 Å². The largest absolute Gasteiger partial charge is 0.497 e. The van der Waals surface area contributed by atoms with Gasteiger partial charge in [0, 0.05) is 18.3 Å². The lowest BCUT2D eigenvalue weighted by molar-refractivity contribution is 0.217. The molecule has 0 aliphatic carbocycles. The maximum Gasteiger partial charge on any atom is 0.121 e. The average Bonchev–Trinajstić information content (AvgIpc) is 2.56. The van der Waals surface area contributed by atoms with Crippen LogP contribution in [0.25, 0.3) is 0 Å². The summed E-state index contributed by atoms with van der Waals surface area (Å²) in [5.74, 6) is 1.82. The van der Waals surface area contributed by atoms with Crippen LogP contribution in [0.3, 0.4) is 0 Å². The summed E-state index contributed by atoms with van der Waals surface area (Å²) in [5, 5.41) is 3.44. The lowest BCUT2D eigenvalue weighted by atomic mass is 10.1. The number of methoxy groups -OCH3 is 1. The van der Waals surface area contributed by atoms with Gasteiger partial charge < -0.3 is 14.8 Å². The zero-order valence-corrected chi connectivity index (χ0v) is 13.6. The molecule has 0 bridgehead atoms. The smallest absolute Gasteiger partial charge is 0.121 e. The van der Waals surface area contributed by atoms with E-state index >= 15 is 0 Å². The van der Waals surface area contributed by atoms with Crippen molar-refractivity contribution < 1.29 is 9.47 Å². The van der Waals surface area contributed by atoms with Crippen LogP contribution in [0.5, 0.6) is 11.5 Å². The summed E-state index contributed by atoms with van der Waals surface area (Å²) in [6, 6.07) is 16.3. The maximum absolute atomic E-state index is 5.84. The molecule has 3 nitrogen and oxygen atoms in total. The van der Waals surface area contributed by atoms with Gasteiger partial charge in [0.25, 0.3) is 0 Å². The minimum Gasteiger partial charge on any atom is -0.497 e. The summed E-state index contributed by atoms with van der Waals surface area (Å²) < 4.78 is 11.0. The van der Waals surface area contributed by atoms with Gasteiger partial charge in [-0.3, -0.25) is 0 Å². The molecule has 0 aliphatic heterocycles. The molecule has 118 valence electrons. The van der Waals surface area contributed by atoms with Crippen molar-refractivity contribution in [3.8, 4) is 11.5 Å². The van der Waals surface area contributed by atoms with E-state index in [0.29, 0.717) is 0 Å². The zero-order chi connectivity index (χ0) is 15.8. The van der Waals surface area contributed by atoms with Gasteiger partial charge in [0.1, 0.15) is 11.5 Å². The number of hydrogen-bond donors (Lipinski definition) is 1. The maximum atomic E-state index is 5.84. The predicted octanol–water partition coefficient (Wildman–Crippen LogP) is 4.53. The highest BCUT2D eigenvalue weighted by Crippen LogP contribution is 2.19. The predicted molar refractivity (Wildman–Crippen MR) is 92.0 cm³/mol. The van der Waals surface area contributed by atoms with E-state index in [9.17, 15) is 0 Å². The Morgan fingerprint density at radius 3 is 2.50 bits per heavy atom. The highest BCUT2D eigenvalue weighted by Gasteiger charge is 2.02. The van der Waals surface area contributed by atoms with Crippen LogP contribution in [0.2, 0.25) is 0 Å². The topological polar surface area (TPSA) is 30.5 Å². The van der Waals surface area contributed by atoms with Gasteiger partial charge in [-0.2, -0.15) is 0 Å². The Morgan fingerprint density at radius 1 is 1.05 bits per heavy atom. The molecule has 0 aliphatic rings. The van der Waals surface area contributed by atoms with Crippen molar-refractivity contribution in [2.75, 3.05) is 19.0 Å². The molecule has 2 rings (SSSR count). The van der Waals surface area contributed by atoms with E-state index in [4.69, 9.17) is 9.47 Å². The molecule has 1 atom stereocenters. The Kier molecular flexibility index (Phi) is 6.13. The third-order valence-corrected chi connectivity index (χ3v) is 3.65. The summed E-state index contributed by atoms with van der Waals surface area (Å²) >= 11 is 0. The van der Waals surface area contributed by atoms with Crippen molar-refractivity contribution in [1.82, 2.24) is 0 Å². The van der Waals surface area contributed by atoms with Gasteiger partial charge in [-0.15, -0.1) is 0 Å². The molecular weight excluding hydrogens is 274 g/mol. The number of rotatable bonds is 8. The fourth-order valence-electron chi connectivity index (χ4n) is 2.14. The van der Waals surface area contributed by atoms with Crippen LogP contribution in [0.15, 0.2) is 48.5 Å². The number of hydrogen-bond acceptors (Lipinski definition) is 3. The fourth-order valence-corrected chi connectivity index (χ4v) is 2.14. The highest BCUT2D eigenvalue weighted by molar-refractivity contribution is 5.48. The molecule has 0 radical (unpaired) electrons. The summed E-state index contributed by atoms with van der Waals surface area (Å²) in [5.41, 5.74) is 2.38. The molecule has 3 heteroatoms. The molecule has 0 heterocycles. The molecular formula is C19H25NO2. The summed E-state index contributed by atoms with van der Waals surface area (Å²) in [4.78, 5) is 0. The van der Waals surface area contributed by atoms with Gasteiger partial charge in [0.05, 0.1) is 13.2 Å². The Balaban J connectivity index is 1.84. The lowest BCUT2D eigenvalue weighted by Gasteiger charge is -2.14. The molecule has 22 heavy (non-hydrogen) atoms. The van der Waals surface area contributed by atoms with E-state index in [2.05, 4.69) is 43.4 Å². The van der Waals surface area contributed by atoms with Gasteiger partial charge in [-0.05, 0) is 49.6 Å². The number of nitrogens with one attached hydrogen (secondary N) is 1. The summed E-state index contributed by atoms with van der Waals surface area (Å²) in [6.45, 7) is 5.10.